The normalized spacial score (nSPS) is 16.6. The highest BCUT2D eigenvalue weighted by molar-refractivity contribution is 5.99. The third-order valence-corrected chi connectivity index (χ3v) is 10.1. The van der Waals surface area contributed by atoms with Crippen LogP contribution in [0.5, 0.6) is 5.75 Å². The predicted octanol–water partition coefficient (Wildman–Crippen LogP) is -5.51. The summed E-state index contributed by atoms with van der Waals surface area (Å²) in [5.41, 5.74) is 16.2. The molecule has 0 spiro atoms. The Morgan fingerprint density at radius 1 is 0.615 bits per heavy atom. The van der Waals surface area contributed by atoms with E-state index in [9.17, 15) is 68.1 Å². The van der Waals surface area contributed by atoms with Gasteiger partial charge in [-0.1, -0.05) is 39.8 Å². The number of aliphatic hydroxyl groups is 1. The number of amides is 10. The Hall–Kier alpha value is -6.89. The fourth-order valence-electron chi connectivity index (χ4n) is 6.46. The number of hydrogen-bond donors (Lipinski definition) is 14. The zero-order chi connectivity index (χ0) is 49.1. The van der Waals surface area contributed by atoms with Crippen molar-refractivity contribution in [1.82, 2.24) is 42.5 Å². The van der Waals surface area contributed by atoms with Crippen molar-refractivity contribution in [1.29, 1.82) is 0 Å². The monoisotopic (exact) mass is 919 g/mol. The molecule has 1 heterocycles. The van der Waals surface area contributed by atoms with Gasteiger partial charge in [0.15, 0.2) is 0 Å². The van der Waals surface area contributed by atoms with E-state index < -0.39 is 158 Å². The summed E-state index contributed by atoms with van der Waals surface area (Å²) in [5, 5.41) is 48.8. The average molecular weight is 920 g/mol. The van der Waals surface area contributed by atoms with Gasteiger partial charge in [-0.2, -0.15) is 0 Å². The Bertz CT molecular complexity index is 1910. The molecular formula is C40H61N11O14. The number of hydrogen-bond acceptors (Lipinski definition) is 14. The number of carbonyl (C=O) groups is 11. The van der Waals surface area contributed by atoms with Crippen LogP contribution < -0.4 is 59.7 Å². The molecule has 10 amide bonds. The summed E-state index contributed by atoms with van der Waals surface area (Å²) in [5.74, 6) is -12.9. The maximum Gasteiger partial charge on any atom is 0.326 e. The van der Waals surface area contributed by atoms with Crippen molar-refractivity contribution in [2.75, 3.05) is 13.2 Å². The molecule has 0 bridgehead atoms. The summed E-state index contributed by atoms with van der Waals surface area (Å²) >= 11 is 0. The Morgan fingerprint density at radius 2 is 1.08 bits per heavy atom. The van der Waals surface area contributed by atoms with E-state index in [1.54, 1.807) is 0 Å². The first-order valence-electron chi connectivity index (χ1n) is 20.8. The third kappa shape index (κ3) is 18.4. The lowest BCUT2D eigenvalue weighted by Crippen LogP contribution is -2.62. The first-order chi connectivity index (χ1) is 30.4. The number of rotatable bonds is 27. The van der Waals surface area contributed by atoms with Crippen molar-refractivity contribution < 1.29 is 68.1 Å². The van der Waals surface area contributed by atoms with Crippen molar-refractivity contribution in [3.63, 3.8) is 0 Å². The van der Waals surface area contributed by atoms with E-state index in [4.69, 9.17) is 17.2 Å². The zero-order valence-electron chi connectivity index (χ0n) is 36.5. The van der Waals surface area contributed by atoms with E-state index in [1.807, 2.05) is 0 Å². The molecule has 1 aliphatic rings. The second-order valence-corrected chi connectivity index (χ2v) is 16.2. The second-order valence-electron chi connectivity index (χ2n) is 16.2. The van der Waals surface area contributed by atoms with Gasteiger partial charge < -0.3 is 75.1 Å². The zero-order valence-corrected chi connectivity index (χ0v) is 36.5. The predicted molar refractivity (Wildman–Crippen MR) is 227 cm³/mol. The minimum Gasteiger partial charge on any atom is -0.508 e. The Morgan fingerprint density at radius 3 is 1.54 bits per heavy atom. The molecular weight excluding hydrogens is 859 g/mol. The van der Waals surface area contributed by atoms with Gasteiger partial charge in [-0.25, -0.2) is 4.79 Å². The van der Waals surface area contributed by atoms with Gasteiger partial charge in [0.1, 0.15) is 48.0 Å². The number of benzene rings is 1. The summed E-state index contributed by atoms with van der Waals surface area (Å²) in [7, 11) is 0. The number of nitrogens with two attached hydrogens (primary N) is 3. The first-order valence-corrected chi connectivity index (χ1v) is 20.8. The van der Waals surface area contributed by atoms with Gasteiger partial charge in [0.2, 0.25) is 59.1 Å². The molecule has 0 aliphatic carbocycles. The fourth-order valence-corrected chi connectivity index (χ4v) is 6.46. The van der Waals surface area contributed by atoms with Gasteiger partial charge >= 0.3 is 5.97 Å². The lowest BCUT2D eigenvalue weighted by atomic mass is 9.99. The lowest BCUT2D eigenvalue weighted by Gasteiger charge is -2.29. The molecule has 0 saturated carbocycles. The molecule has 2 rings (SSSR count). The van der Waals surface area contributed by atoms with Crippen LogP contribution in [0.15, 0.2) is 24.3 Å². The molecule has 1 saturated heterocycles. The number of aliphatic hydroxyl groups excluding tert-OH is 1. The Balaban J connectivity index is 2.34. The van der Waals surface area contributed by atoms with E-state index in [0.29, 0.717) is 18.5 Å². The van der Waals surface area contributed by atoms with E-state index in [2.05, 4.69) is 42.5 Å². The highest BCUT2D eigenvalue weighted by atomic mass is 16.4. The van der Waals surface area contributed by atoms with Crippen LogP contribution in [0.25, 0.3) is 0 Å². The standard InChI is InChI=1S/C40H61N11O14/c1-18(2)31(38(62)45-23(11-12-28(41)54)34(58)48-26(40(64)65)16-30(43)56)51-36(60)25(15-29(42)55)47-39(63)32(19(3)4)50-35(59)24(14-20-7-9-21(53)10-8-20)46-37(61)27(17-52)49-33(57)22-6-5-13-44-22/h7-10,18-19,22-27,31-32,44,52-53H,5-6,11-17H2,1-4H3,(H2,41,54)(H2,42,55)(H2,43,56)(H,45,62)(H,46,61)(H,47,63)(H,48,58)(H,49,57)(H,50,59)(H,51,60)(H,64,65)/t22-,23-,24-,25-,26-,27-,31-,32-/m0/s1. The number of carbonyl (C=O) groups excluding carboxylic acids is 10. The quantitative estimate of drug-likeness (QED) is 0.0392. The molecule has 1 aromatic rings. The Kier molecular flexibility index (Phi) is 21.7. The summed E-state index contributed by atoms with van der Waals surface area (Å²) in [6, 6.07) is -6.03. The topological polar surface area (TPSA) is 423 Å². The number of carboxylic acids is 1. The molecule has 0 unspecified atom stereocenters. The molecule has 1 aliphatic heterocycles. The number of phenolic OH excluding ortho intramolecular Hbond substituents is 1. The van der Waals surface area contributed by atoms with Crippen LogP contribution in [0, 0.1) is 11.8 Å². The summed E-state index contributed by atoms with van der Waals surface area (Å²) < 4.78 is 0. The fraction of sp³-hybridized carbons (Fsp3) is 0.575. The number of carboxylic acid groups (broad SMARTS) is 1. The van der Waals surface area contributed by atoms with Crippen molar-refractivity contribution in [2.24, 2.45) is 29.0 Å². The Labute approximate surface area is 373 Å². The number of aliphatic carboxylic acids is 1. The van der Waals surface area contributed by atoms with Gasteiger partial charge in [-0.3, -0.25) is 47.9 Å². The van der Waals surface area contributed by atoms with Crippen molar-refractivity contribution in [3.8, 4) is 5.75 Å². The number of phenols is 1. The number of primary amides is 3. The van der Waals surface area contributed by atoms with E-state index in [-0.39, 0.29) is 12.2 Å². The van der Waals surface area contributed by atoms with Gasteiger partial charge in [0, 0.05) is 12.8 Å². The van der Waals surface area contributed by atoms with Crippen LogP contribution in [0.4, 0.5) is 0 Å². The van der Waals surface area contributed by atoms with Crippen LogP contribution in [-0.2, 0) is 59.2 Å². The highest BCUT2D eigenvalue weighted by Gasteiger charge is 2.37. The van der Waals surface area contributed by atoms with Crippen LogP contribution >= 0.6 is 0 Å². The van der Waals surface area contributed by atoms with Gasteiger partial charge in [-0.05, 0) is 55.3 Å². The van der Waals surface area contributed by atoms with Crippen LogP contribution in [-0.4, -0.2) is 142 Å². The van der Waals surface area contributed by atoms with Crippen LogP contribution in [0.2, 0.25) is 0 Å². The number of aromatic hydroxyl groups is 1. The van der Waals surface area contributed by atoms with Gasteiger partial charge in [0.25, 0.3) is 0 Å². The minimum absolute atomic E-state index is 0.0880. The maximum atomic E-state index is 13.9. The largest absolute Gasteiger partial charge is 0.508 e. The highest BCUT2D eigenvalue weighted by Crippen LogP contribution is 2.14. The van der Waals surface area contributed by atoms with E-state index >= 15 is 0 Å². The lowest BCUT2D eigenvalue weighted by molar-refractivity contribution is -0.144. The van der Waals surface area contributed by atoms with Crippen molar-refractivity contribution in [3.05, 3.63) is 29.8 Å². The molecule has 360 valence electrons. The molecule has 8 atom stereocenters. The van der Waals surface area contributed by atoms with Gasteiger partial charge in [0.05, 0.1) is 25.5 Å². The molecule has 25 heteroatoms. The molecule has 1 fully saturated rings. The maximum absolute atomic E-state index is 13.9. The van der Waals surface area contributed by atoms with Crippen LogP contribution in [0.3, 0.4) is 0 Å². The second kappa shape index (κ2) is 26.0. The first kappa shape index (κ1) is 54.2. The molecule has 17 N–H and O–H groups in total. The third-order valence-electron chi connectivity index (χ3n) is 10.1. The number of nitrogens with one attached hydrogen (secondary N) is 8. The van der Waals surface area contributed by atoms with E-state index in [0.717, 1.165) is 6.42 Å². The smallest absolute Gasteiger partial charge is 0.326 e. The SMILES string of the molecule is CC(C)[C@H](NC(=O)[C@H](CC(N)=O)NC(=O)[C@@H](NC(=O)[C@H](Cc1ccc(O)cc1)NC(=O)[C@H](CO)NC(=O)[C@@H]1CCCN1)C(C)C)C(=O)N[C@@H](CCC(N)=O)C(=O)N[C@@H](CC(N)=O)C(=O)O. The average Bonchev–Trinajstić information content (AvgIpc) is 3.77. The molecule has 1 aromatic carbocycles. The van der Waals surface area contributed by atoms with Crippen molar-refractivity contribution in [2.45, 2.75) is 121 Å². The van der Waals surface area contributed by atoms with Gasteiger partial charge in [-0.15, -0.1) is 0 Å². The summed E-state index contributed by atoms with van der Waals surface area (Å²) in [6.45, 7) is 5.80. The van der Waals surface area contributed by atoms with Crippen LogP contribution in [0.1, 0.15) is 71.8 Å². The molecule has 65 heavy (non-hydrogen) atoms. The molecule has 0 aromatic heterocycles. The summed E-state index contributed by atoms with van der Waals surface area (Å²) in [4.78, 5) is 141. The van der Waals surface area contributed by atoms with Crippen molar-refractivity contribution >= 4 is 65.0 Å². The molecule has 25 nitrogen and oxygen atoms in total. The summed E-state index contributed by atoms with van der Waals surface area (Å²) in [6.07, 6.45) is -1.50. The van der Waals surface area contributed by atoms with E-state index in [1.165, 1.54) is 52.0 Å². The minimum atomic E-state index is -1.80. The molecule has 0 radical (unpaired) electrons.